The van der Waals surface area contributed by atoms with Gasteiger partial charge in [-0.15, -0.1) is 0 Å². The number of aliphatic hydroxyl groups excluding tert-OH is 1. The summed E-state index contributed by atoms with van der Waals surface area (Å²) in [6.07, 6.45) is 7.09. The lowest BCUT2D eigenvalue weighted by atomic mass is 9.64. The van der Waals surface area contributed by atoms with Crippen LogP contribution in [0.5, 0.6) is 0 Å². The Morgan fingerprint density at radius 2 is 1.89 bits per heavy atom. The molecule has 2 aliphatic heterocycles. The van der Waals surface area contributed by atoms with Crippen LogP contribution in [-0.2, 0) is 13.1 Å². The first-order chi connectivity index (χ1) is 13.7. The predicted octanol–water partition coefficient (Wildman–Crippen LogP) is 2.38. The maximum absolute atomic E-state index is 10.2. The van der Waals surface area contributed by atoms with E-state index >= 15 is 0 Å². The van der Waals surface area contributed by atoms with Crippen LogP contribution >= 0.6 is 0 Å². The van der Waals surface area contributed by atoms with E-state index in [1.807, 2.05) is 36.7 Å². The molecule has 1 spiro atoms. The lowest BCUT2D eigenvalue weighted by Gasteiger charge is -2.51. The molecule has 0 bridgehead atoms. The fourth-order valence-corrected chi connectivity index (χ4v) is 5.00. The van der Waals surface area contributed by atoms with Gasteiger partial charge in [0.05, 0.1) is 18.2 Å². The first-order valence-corrected chi connectivity index (χ1v) is 10.2. The number of aromatic nitrogens is 2. The molecule has 0 radical (unpaired) electrons. The highest BCUT2D eigenvalue weighted by Gasteiger charge is 2.44. The Hall–Kier alpha value is -2.20. The molecule has 0 unspecified atom stereocenters. The van der Waals surface area contributed by atoms with Crippen molar-refractivity contribution in [3.63, 3.8) is 0 Å². The Morgan fingerprint density at radius 3 is 2.57 bits per heavy atom. The number of hydrogen-bond donors (Lipinski definition) is 2. The lowest BCUT2D eigenvalue weighted by molar-refractivity contribution is -0.0453. The van der Waals surface area contributed by atoms with E-state index < -0.39 is 0 Å². The standard InChI is InChI=1S/C22H29N5O/c23-13-18-3-1-2-4-19(18)14-27-12-7-22(20(15-27)17-28)5-10-26(11-6-22)16-21-24-8-9-25-21/h1-4,8-9,20,28H,5-7,10-12,14-17H2,(H,24,25)/t20-/m1/s1. The van der Waals surface area contributed by atoms with E-state index in [0.717, 1.165) is 75.5 Å². The molecule has 28 heavy (non-hydrogen) atoms. The van der Waals surface area contributed by atoms with Gasteiger partial charge < -0.3 is 10.1 Å². The number of nitrogens with zero attached hydrogens (tertiary/aromatic N) is 4. The number of benzene rings is 1. The van der Waals surface area contributed by atoms with Gasteiger partial charge in [0.25, 0.3) is 0 Å². The van der Waals surface area contributed by atoms with Crippen molar-refractivity contribution in [1.29, 1.82) is 5.26 Å². The van der Waals surface area contributed by atoms with Crippen LogP contribution < -0.4 is 0 Å². The fourth-order valence-electron chi connectivity index (χ4n) is 5.00. The second-order valence-corrected chi connectivity index (χ2v) is 8.31. The van der Waals surface area contributed by atoms with Crippen molar-refractivity contribution >= 4 is 0 Å². The molecule has 0 aliphatic carbocycles. The molecule has 2 saturated heterocycles. The summed E-state index contributed by atoms with van der Waals surface area (Å²) in [5.74, 6) is 1.34. The van der Waals surface area contributed by atoms with Crippen molar-refractivity contribution in [3.05, 3.63) is 53.6 Å². The average Bonchev–Trinajstić information content (AvgIpc) is 3.25. The third-order valence-corrected chi connectivity index (χ3v) is 6.80. The molecular formula is C22H29N5O. The molecular weight excluding hydrogens is 350 g/mol. The topological polar surface area (TPSA) is 79.2 Å². The van der Waals surface area contributed by atoms with Gasteiger partial charge in [0, 0.05) is 38.0 Å². The Bertz CT molecular complexity index is 805. The number of H-pyrrole nitrogens is 1. The van der Waals surface area contributed by atoms with Crippen LogP contribution in [-0.4, -0.2) is 57.7 Å². The van der Waals surface area contributed by atoms with Crippen LogP contribution in [0, 0.1) is 22.7 Å². The van der Waals surface area contributed by atoms with E-state index in [4.69, 9.17) is 0 Å². The summed E-state index contributed by atoms with van der Waals surface area (Å²) in [6.45, 7) is 5.99. The monoisotopic (exact) mass is 379 g/mol. The summed E-state index contributed by atoms with van der Waals surface area (Å²) in [6, 6.07) is 10.2. The van der Waals surface area contributed by atoms with E-state index in [0.29, 0.717) is 5.92 Å². The van der Waals surface area contributed by atoms with E-state index in [9.17, 15) is 10.4 Å². The molecule has 2 aromatic rings. The molecule has 1 aromatic heterocycles. The molecule has 148 valence electrons. The van der Waals surface area contributed by atoms with Crippen LogP contribution in [0.4, 0.5) is 0 Å². The Morgan fingerprint density at radius 1 is 1.14 bits per heavy atom. The molecule has 1 aromatic carbocycles. The van der Waals surface area contributed by atoms with Gasteiger partial charge in [0.2, 0.25) is 0 Å². The van der Waals surface area contributed by atoms with Gasteiger partial charge >= 0.3 is 0 Å². The maximum atomic E-state index is 10.2. The minimum Gasteiger partial charge on any atom is -0.396 e. The number of nitrogens with one attached hydrogen (secondary N) is 1. The summed E-state index contributed by atoms with van der Waals surface area (Å²) in [5.41, 5.74) is 2.10. The van der Waals surface area contributed by atoms with Crippen LogP contribution in [0.3, 0.4) is 0 Å². The number of aliphatic hydroxyl groups is 1. The fraction of sp³-hybridized carbons (Fsp3) is 0.545. The molecule has 6 nitrogen and oxygen atoms in total. The largest absolute Gasteiger partial charge is 0.396 e. The van der Waals surface area contributed by atoms with Crippen LogP contribution in [0.1, 0.15) is 36.2 Å². The predicted molar refractivity (Wildman–Crippen MR) is 107 cm³/mol. The minimum atomic E-state index is 0.245. The van der Waals surface area contributed by atoms with Gasteiger partial charge in [-0.2, -0.15) is 5.26 Å². The highest BCUT2D eigenvalue weighted by molar-refractivity contribution is 5.37. The minimum absolute atomic E-state index is 0.245. The Labute approximate surface area is 166 Å². The van der Waals surface area contributed by atoms with Crippen molar-refractivity contribution < 1.29 is 5.11 Å². The van der Waals surface area contributed by atoms with E-state index in [2.05, 4.69) is 25.8 Å². The zero-order valence-electron chi connectivity index (χ0n) is 16.3. The smallest absolute Gasteiger partial charge is 0.120 e. The zero-order valence-corrected chi connectivity index (χ0v) is 16.3. The van der Waals surface area contributed by atoms with Gasteiger partial charge in [0.15, 0.2) is 0 Å². The Balaban J connectivity index is 1.37. The summed E-state index contributed by atoms with van der Waals surface area (Å²) in [5, 5.41) is 19.5. The molecule has 0 amide bonds. The molecule has 6 heteroatoms. The van der Waals surface area contributed by atoms with Crippen LogP contribution in [0.15, 0.2) is 36.7 Å². The number of piperidine rings is 2. The number of rotatable bonds is 5. The van der Waals surface area contributed by atoms with Gasteiger partial charge in [-0.25, -0.2) is 4.98 Å². The van der Waals surface area contributed by atoms with E-state index in [1.54, 1.807) is 0 Å². The van der Waals surface area contributed by atoms with Crippen molar-refractivity contribution in [2.24, 2.45) is 11.3 Å². The highest BCUT2D eigenvalue weighted by atomic mass is 16.3. The van der Waals surface area contributed by atoms with Gasteiger partial charge in [-0.05, 0) is 55.9 Å². The third kappa shape index (κ3) is 3.97. The van der Waals surface area contributed by atoms with Gasteiger partial charge in [-0.3, -0.25) is 9.80 Å². The number of aromatic amines is 1. The van der Waals surface area contributed by atoms with Crippen molar-refractivity contribution in [1.82, 2.24) is 19.8 Å². The SMILES string of the molecule is N#Cc1ccccc1CN1CCC2(CCN(Cc3ncc[nH]3)CC2)[C@@H](CO)C1. The molecule has 2 N–H and O–H groups in total. The molecule has 2 aliphatic rings. The summed E-state index contributed by atoms with van der Waals surface area (Å²) >= 11 is 0. The molecule has 1 atom stereocenters. The second-order valence-electron chi connectivity index (χ2n) is 8.31. The lowest BCUT2D eigenvalue weighted by Crippen LogP contribution is -2.53. The third-order valence-electron chi connectivity index (χ3n) is 6.80. The number of imidazole rings is 1. The number of nitriles is 1. The quantitative estimate of drug-likeness (QED) is 0.834. The van der Waals surface area contributed by atoms with Gasteiger partial charge in [-0.1, -0.05) is 18.2 Å². The van der Waals surface area contributed by atoms with E-state index in [1.165, 1.54) is 0 Å². The summed E-state index contributed by atoms with van der Waals surface area (Å²) in [7, 11) is 0. The van der Waals surface area contributed by atoms with Gasteiger partial charge in [0.1, 0.15) is 5.82 Å². The maximum Gasteiger partial charge on any atom is 0.120 e. The molecule has 4 rings (SSSR count). The first-order valence-electron chi connectivity index (χ1n) is 10.2. The van der Waals surface area contributed by atoms with Crippen LogP contribution in [0.2, 0.25) is 0 Å². The average molecular weight is 380 g/mol. The van der Waals surface area contributed by atoms with Crippen molar-refractivity contribution in [2.75, 3.05) is 32.8 Å². The van der Waals surface area contributed by atoms with Crippen molar-refractivity contribution in [3.8, 4) is 6.07 Å². The normalized spacial score (nSPS) is 22.9. The van der Waals surface area contributed by atoms with Crippen LogP contribution in [0.25, 0.3) is 0 Å². The number of likely N-dealkylation sites (tertiary alicyclic amines) is 2. The summed E-state index contributed by atoms with van der Waals surface area (Å²) < 4.78 is 0. The van der Waals surface area contributed by atoms with Crippen molar-refractivity contribution in [2.45, 2.75) is 32.4 Å². The second kappa shape index (κ2) is 8.44. The molecule has 2 fully saturated rings. The van der Waals surface area contributed by atoms with E-state index in [-0.39, 0.29) is 12.0 Å². The Kier molecular flexibility index (Phi) is 5.77. The zero-order chi connectivity index (χ0) is 19.4. The molecule has 3 heterocycles. The molecule has 0 saturated carbocycles. The first kappa shape index (κ1) is 19.1. The number of hydrogen-bond acceptors (Lipinski definition) is 5. The summed E-state index contributed by atoms with van der Waals surface area (Å²) in [4.78, 5) is 12.4. The highest BCUT2D eigenvalue weighted by Crippen LogP contribution is 2.45.